The van der Waals surface area contributed by atoms with Gasteiger partial charge in [-0.15, -0.1) is 0 Å². The number of hydrogen-bond donors (Lipinski definition) is 0. The minimum Gasteiger partial charge on any atom is -0.309 e. The molecule has 2 aliphatic rings. The monoisotopic (exact) mass is 1130 g/mol. The first-order chi connectivity index (χ1) is 43.2. The van der Waals surface area contributed by atoms with Crippen LogP contribution in [0, 0.1) is 27.7 Å². The molecule has 2 heteroatoms. The van der Waals surface area contributed by atoms with Gasteiger partial charge in [-0.3, -0.25) is 0 Å². The number of aryl methyl sites for hydroxylation is 6. The summed E-state index contributed by atoms with van der Waals surface area (Å²) in [6.07, 6.45) is 1.76. The van der Waals surface area contributed by atoms with Crippen molar-refractivity contribution in [1.82, 2.24) is 0 Å². The van der Waals surface area contributed by atoms with Gasteiger partial charge in [-0.2, -0.15) is 0 Å². The fourth-order valence-corrected chi connectivity index (χ4v) is 16.5. The molecule has 0 fully saturated rings. The van der Waals surface area contributed by atoms with Crippen LogP contribution in [0.2, 0.25) is 0 Å². The number of para-hydroxylation sites is 2. The van der Waals surface area contributed by atoms with Crippen LogP contribution in [0.25, 0.3) is 54.6 Å². The first-order valence-electron chi connectivity index (χ1n) is 31.5. The first kappa shape index (κ1) is 53.2. The number of fused-ring (bicyclic) bond motifs is 6. The Hall–Kier alpha value is -10.3. The minimum atomic E-state index is -0.511. The summed E-state index contributed by atoms with van der Waals surface area (Å²) < 4.78 is 0. The molecule has 422 valence electrons. The molecule has 0 N–H and O–H groups in total. The standard InChI is InChI=1S/C86H68N2/c1-7-59-53-79(87(65-33-17-11-18-34-65)83-55(3)49-63(50-56(83)4)85(61-29-13-9-14-30-61)75-41-25-21-37-69(75)70-38-22-26-42-76(70)85)73-48-46-68-60(8-2)54-80(74-47-45-67(59)81(73)82(68)74)88(66-35-19-12-20-36-66)84-57(5)51-64(52-58(84)6)86(62-31-15-10-16-32-62)77-43-27-23-39-71(77)72-40-24-28-44-78(72)86/h9-54H,7-8H2,1-6H3. The lowest BCUT2D eigenvalue weighted by molar-refractivity contribution is 0.766. The summed E-state index contributed by atoms with van der Waals surface area (Å²) >= 11 is 0. The van der Waals surface area contributed by atoms with Gasteiger partial charge in [0.05, 0.1) is 33.6 Å². The van der Waals surface area contributed by atoms with Crippen LogP contribution in [-0.4, -0.2) is 0 Å². The Balaban J connectivity index is 0.922. The van der Waals surface area contributed by atoms with Crippen LogP contribution in [0.1, 0.15) is 91.7 Å². The molecule has 0 saturated heterocycles. The van der Waals surface area contributed by atoms with Crippen molar-refractivity contribution in [3.05, 3.63) is 357 Å². The van der Waals surface area contributed by atoms with Crippen LogP contribution in [0.15, 0.2) is 279 Å². The molecule has 0 amide bonds. The number of rotatable bonds is 12. The average Bonchev–Trinajstić information content (AvgIpc) is 1.77. The summed E-state index contributed by atoms with van der Waals surface area (Å²) in [5.41, 5.74) is 29.2. The van der Waals surface area contributed by atoms with Gasteiger partial charge in [0, 0.05) is 22.1 Å². The van der Waals surface area contributed by atoms with Crippen molar-refractivity contribution < 1.29 is 0 Å². The van der Waals surface area contributed by atoms with Crippen molar-refractivity contribution in [2.75, 3.05) is 9.80 Å². The molecule has 2 nitrogen and oxygen atoms in total. The zero-order valence-electron chi connectivity index (χ0n) is 50.9. The fourth-order valence-electron chi connectivity index (χ4n) is 16.5. The van der Waals surface area contributed by atoms with E-state index in [2.05, 4.69) is 330 Å². The summed E-state index contributed by atoms with van der Waals surface area (Å²) in [5, 5.41) is 7.73. The van der Waals surface area contributed by atoms with Gasteiger partial charge in [0.2, 0.25) is 0 Å². The molecule has 0 spiro atoms. The van der Waals surface area contributed by atoms with E-state index in [0.29, 0.717) is 0 Å². The molecule has 16 rings (SSSR count). The molecule has 0 atom stereocenters. The lowest BCUT2D eigenvalue weighted by atomic mass is 9.67. The van der Waals surface area contributed by atoms with Gasteiger partial charge < -0.3 is 9.80 Å². The predicted octanol–water partition coefficient (Wildman–Crippen LogP) is 22.6. The SMILES string of the molecule is CCc1cc(N(c2ccccc2)c2c(C)cc(C3(c4ccccc4)c4ccccc4-c4ccccc43)cc2C)c2ccc3c(CC)cc(N(c4ccccc4)c4c(C)cc(C5(c6ccccc6)c6ccccc6-c6ccccc65)cc4C)c4ccc1c2c34. The molecule has 0 heterocycles. The van der Waals surface area contributed by atoms with E-state index in [1.807, 2.05) is 0 Å². The maximum absolute atomic E-state index is 2.58. The molecule has 14 aromatic carbocycles. The highest BCUT2D eigenvalue weighted by Crippen LogP contribution is 2.60. The second-order valence-corrected chi connectivity index (χ2v) is 24.6. The van der Waals surface area contributed by atoms with E-state index in [-0.39, 0.29) is 0 Å². The third kappa shape index (κ3) is 7.61. The van der Waals surface area contributed by atoms with Crippen molar-refractivity contribution in [2.24, 2.45) is 0 Å². The van der Waals surface area contributed by atoms with E-state index in [1.54, 1.807) is 0 Å². The van der Waals surface area contributed by atoms with Crippen LogP contribution in [0.5, 0.6) is 0 Å². The minimum absolute atomic E-state index is 0.511. The summed E-state index contributed by atoms with van der Waals surface area (Å²) in [5.74, 6) is 0. The fraction of sp³-hybridized carbons (Fsp3) is 0.116. The highest BCUT2D eigenvalue weighted by Gasteiger charge is 2.48. The quantitative estimate of drug-likeness (QED) is 0.113. The maximum atomic E-state index is 2.58. The maximum Gasteiger partial charge on any atom is 0.0713 e. The lowest BCUT2D eigenvalue weighted by Crippen LogP contribution is -2.29. The van der Waals surface area contributed by atoms with Crippen molar-refractivity contribution in [2.45, 2.75) is 65.2 Å². The second-order valence-electron chi connectivity index (χ2n) is 24.6. The van der Waals surface area contributed by atoms with E-state index in [9.17, 15) is 0 Å². The number of hydrogen-bond acceptors (Lipinski definition) is 2. The summed E-state index contributed by atoms with van der Waals surface area (Å²) in [7, 11) is 0. The zero-order valence-corrected chi connectivity index (χ0v) is 50.9. The molecule has 0 radical (unpaired) electrons. The number of anilines is 6. The van der Waals surface area contributed by atoms with Gasteiger partial charge in [0.15, 0.2) is 0 Å². The highest BCUT2D eigenvalue weighted by atomic mass is 15.2. The van der Waals surface area contributed by atoms with Gasteiger partial charge in [0.25, 0.3) is 0 Å². The Kier molecular flexibility index (Phi) is 12.5. The third-order valence-electron chi connectivity index (χ3n) is 19.9. The van der Waals surface area contributed by atoms with Gasteiger partial charge in [-0.25, -0.2) is 0 Å². The molecular weight excluding hydrogens is 1060 g/mol. The normalized spacial score (nSPS) is 13.4. The highest BCUT2D eigenvalue weighted by molar-refractivity contribution is 6.29. The number of benzene rings is 14. The molecule has 0 aromatic heterocycles. The Labute approximate surface area is 517 Å². The average molecular weight is 1130 g/mol. The summed E-state index contributed by atoms with van der Waals surface area (Å²) in [6.45, 7) is 14.0. The molecule has 14 aromatic rings. The number of nitrogens with zero attached hydrogens (tertiary/aromatic N) is 2. The van der Waals surface area contributed by atoms with Crippen molar-refractivity contribution in [3.8, 4) is 22.3 Å². The molecule has 0 unspecified atom stereocenters. The zero-order chi connectivity index (χ0) is 59.4. The van der Waals surface area contributed by atoms with Crippen LogP contribution >= 0.6 is 0 Å². The van der Waals surface area contributed by atoms with Crippen molar-refractivity contribution in [3.63, 3.8) is 0 Å². The first-order valence-corrected chi connectivity index (χ1v) is 31.5. The van der Waals surface area contributed by atoms with E-state index < -0.39 is 10.8 Å². The van der Waals surface area contributed by atoms with Gasteiger partial charge in [0.1, 0.15) is 0 Å². The molecule has 88 heavy (non-hydrogen) atoms. The molecule has 0 aliphatic heterocycles. The Morgan fingerprint density at radius 1 is 0.273 bits per heavy atom. The van der Waals surface area contributed by atoms with Crippen LogP contribution in [-0.2, 0) is 23.7 Å². The molecule has 0 saturated carbocycles. The van der Waals surface area contributed by atoms with Crippen molar-refractivity contribution in [1.29, 1.82) is 0 Å². The summed E-state index contributed by atoms with van der Waals surface area (Å²) in [4.78, 5) is 5.17. The van der Waals surface area contributed by atoms with Crippen LogP contribution < -0.4 is 9.80 Å². The van der Waals surface area contributed by atoms with Crippen LogP contribution in [0.3, 0.4) is 0 Å². The second kappa shape index (κ2) is 20.7. The van der Waals surface area contributed by atoms with E-state index in [0.717, 1.165) is 24.2 Å². The molecule has 0 bridgehead atoms. The van der Waals surface area contributed by atoms with E-state index in [1.165, 1.54) is 155 Å². The topological polar surface area (TPSA) is 6.48 Å². The van der Waals surface area contributed by atoms with E-state index >= 15 is 0 Å². The van der Waals surface area contributed by atoms with Gasteiger partial charge in [-0.1, -0.05) is 257 Å². The Bertz CT molecular complexity index is 4580. The van der Waals surface area contributed by atoms with E-state index in [4.69, 9.17) is 0 Å². The third-order valence-corrected chi connectivity index (χ3v) is 19.9. The van der Waals surface area contributed by atoms with Gasteiger partial charge in [-0.05, 0) is 199 Å². The molecular formula is C86H68N2. The largest absolute Gasteiger partial charge is 0.309 e. The predicted molar refractivity (Wildman–Crippen MR) is 372 cm³/mol. The summed E-state index contributed by atoms with van der Waals surface area (Å²) in [6, 6.07) is 106. The van der Waals surface area contributed by atoms with Crippen molar-refractivity contribution >= 4 is 66.4 Å². The molecule has 2 aliphatic carbocycles. The van der Waals surface area contributed by atoms with Crippen LogP contribution in [0.4, 0.5) is 34.1 Å². The van der Waals surface area contributed by atoms with Gasteiger partial charge >= 0.3 is 0 Å². The lowest BCUT2D eigenvalue weighted by Gasteiger charge is -2.37. The Morgan fingerprint density at radius 3 is 0.852 bits per heavy atom. The Morgan fingerprint density at radius 2 is 0.545 bits per heavy atom. The smallest absolute Gasteiger partial charge is 0.0713 e.